The van der Waals surface area contributed by atoms with Crippen molar-refractivity contribution in [2.45, 2.75) is 59.3 Å². The fourth-order valence-corrected chi connectivity index (χ4v) is 1.90. The topological polar surface area (TPSA) is 9.23 Å². The van der Waals surface area contributed by atoms with Gasteiger partial charge in [0.05, 0.1) is 6.61 Å². The molecule has 1 rings (SSSR count). The van der Waals surface area contributed by atoms with E-state index < -0.39 is 0 Å². The van der Waals surface area contributed by atoms with Crippen LogP contribution in [0.25, 0.3) is 0 Å². The SMILES string of the molecule is CCOc1c(C(C)(C)C)c[c-]cc1C(C)(C)C.[Zn+][Br]. The molecular weight excluding hydrogens is 353 g/mol. The third-order valence-corrected chi connectivity index (χ3v) is 2.85. The van der Waals surface area contributed by atoms with Gasteiger partial charge in [-0.1, -0.05) is 52.4 Å². The quantitative estimate of drug-likeness (QED) is 0.500. The zero-order valence-corrected chi connectivity index (χ0v) is 17.9. The Labute approximate surface area is 135 Å². The molecule has 0 saturated heterocycles. The number of hydrogen-bond acceptors (Lipinski definition) is 1. The molecule has 0 aliphatic heterocycles. The summed E-state index contributed by atoms with van der Waals surface area (Å²) in [5, 5.41) is 0. The molecule has 104 valence electrons. The van der Waals surface area contributed by atoms with E-state index in [-0.39, 0.29) is 10.8 Å². The van der Waals surface area contributed by atoms with Gasteiger partial charge in [-0.25, -0.2) is 0 Å². The molecule has 0 aliphatic carbocycles. The van der Waals surface area contributed by atoms with Crippen molar-refractivity contribution < 1.29 is 21.1 Å². The first-order valence-electron chi connectivity index (χ1n) is 6.62. The first-order valence-corrected chi connectivity index (χ1v) is 13.6. The number of ether oxygens (including phenoxy) is 1. The second kappa shape index (κ2) is 7.79. The molecule has 0 amide bonds. The fourth-order valence-electron chi connectivity index (χ4n) is 1.90. The average molecular weight is 379 g/mol. The Morgan fingerprint density at radius 1 is 1.00 bits per heavy atom. The van der Waals surface area contributed by atoms with Crippen LogP contribution in [0.4, 0.5) is 0 Å². The monoisotopic (exact) mass is 376 g/mol. The molecule has 0 unspecified atom stereocenters. The van der Waals surface area contributed by atoms with E-state index in [1.807, 2.05) is 6.92 Å². The van der Waals surface area contributed by atoms with E-state index in [0.29, 0.717) is 6.61 Å². The van der Waals surface area contributed by atoms with E-state index in [2.05, 4.69) is 73.4 Å². The van der Waals surface area contributed by atoms with Crippen LogP contribution < -0.4 is 4.74 Å². The molecule has 0 atom stereocenters. The summed E-state index contributed by atoms with van der Waals surface area (Å²) >= 11 is 4.25. The van der Waals surface area contributed by atoms with Gasteiger partial charge >= 0.3 is 30.0 Å². The Morgan fingerprint density at radius 3 is 1.63 bits per heavy atom. The molecule has 1 aromatic rings. The number of hydrogen-bond donors (Lipinski definition) is 0. The molecule has 0 radical (unpaired) electrons. The first-order chi connectivity index (χ1) is 8.68. The molecule has 1 aromatic carbocycles. The number of benzene rings is 1. The standard InChI is InChI=1S/C16H25O.BrH.Zn/c1-8-17-14-12(15(2,3)4)10-9-11-13(14)16(5,6)7;;/h10-11H,8H2,1-7H3;1H;/q-1;;+2/p-1. The third-order valence-electron chi connectivity index (χ3n) is 2.85. The summed E-state index contributed by atoms with van der Waals surface area (Å²) in [7, 11) is 0. The normalized spacial score (nSPS) is 11.7. The Morgan fingerprint density at radius 2 is 1.37 bits per heavy atom. The molecule has 0 fully saturated rings. The van der Waals surface area contributed by atoms with Crippen molar-refractivity contribution in [1.82, 2.24) is 0 Å². The van der Waals surface area contributed by atoms with E-state index in [9.17, 15) is 0 Å². The van der Waals surface area contributed by atoms with Crippen LogP contribution in [-0.4, -0.2) is 6.61 Å². The fraction of sp³-hybridized carbons (Fsp3) is 0.625. The average Bonchev–Trinajstić information content (AvgIpc) is 2.29. The Kier molecular flexibility index (Phi) is 7.84. The minimum atomic E-state index is 0.0856. The molecule has 0 bridgehead atoms. The van der Waals surface area contributed by atoms with Gasteiger partial charge in [-0.3, -0.25) is 0 Å². The zero-order chi connectivity index (χ0) is 15.3. The van der Waals surface area contributed by atoms with E-state index in [1.54, 1.807) is 0 Å². The van der Waals surface area contributed by atoms with Gasteiger partial charge in [0.2, 0.25) is 0 Å². The van der Waals surface area contributed by atoms with Crippen LogP contribution >= 0.6 is 13.6 Å². The molecule has 0 saturated carbocycles. The van der Waals surface area contributed by atoms with Gasteiger partial charge < -0.3 is 4.74 Å². The summed E-state index contributed by atoms with van der Waals surface area (Å²) in [6.07, 6.45) is 0. The van der Waals surface area contributed by atoms with Crippen LogP contribution in [0.1, 0.15) is 59.6 Å². The van der Waals surface area contributed by atoms with Gasteiger partial charge in [0.1, 0.15) is 0 Å². The van der Waals surface area contributed by atoms with Gasteiger partial charge in [-0.15, -0.1) is 11.1 Å². The maximum atomic E-state index is 5.90. The Hall–Kier alpha value is 0.123. The van der Waals surface area contributed by atoms with Crippen molar-refractivity contribution in [3.8, 4) is 5.75 Å². The van der Waals surface area contributed by atoms with Crippen molar-refractivity contribution >= 4 is 13.6 Å². The van der Waals surface area contributed by atoms with Crippen LogP contribution in [0, 0.1) is 6.07 Å². The van der Waals surface area contributed by atoms with Crippen molar-refractivity contribution in [3.05, 3.63) is 29.3 Å². The molecule has 0 aromatic heterocycles. The van der Waals surface area contributed by atoms with Gasteiger partial charge in [0.25, 0.3) is 0 Å². The van der Waals surface area contributed by atoms with Crippen LogP contribution in [-0.2, 0) is 27.2 Å². The summed E-state index contributed by atoms with van der Waals surface area (Å²) < 4.78 is 5.90. The van der Waals surface area contributed by atoms with E-state index in [1.165, 1.54) is 27.5 Å². The molecule has 1 nitrogen and oxygen atoms in total. The molecule has 0 aliphatic rings. The van der Waals surface area contributed by atoms with Gasteiger partial charge in [0, 0.05) is 5.75 Å². The Balaban J connectivity index is 0.00000154. The van der Waals surface area contributed by atoms with Crippen molar-refractivity contribution in [2.75, 3.05) is 6.61 Å². The summed E-state index contributed by atoms with van der Waals surface area (Å²) in [6, 6.07) is 7.37. The number of halogens is 1. The third kappa shape index (κ3) is 5.55. The van der Waals surface area contributed by atoms with Crippen LogP contribution in [0.5, 0.6) is 5.75 Å². The van der Waals surface area contributed by atoms with E-state index in [4.69, 9.17) is 4.74 Å². The maximum absolute atomic E-state index is 5.90. The summed E-state index contributed by atoms with van der Waals surface area (Å²) in [5.74, 6) is 1.05. The van der Waals surface area contributed by atoms with Crippen LogP contribution in [0.2, 0.25) is 0 Å². The van der Waals surface area contributed by atoms with E-state index in [0.717, 1.165) is 5.75 Å². The van der Waals surface area contributed by atoms with Crippen LogP contribution in [0.3, 0.4) is 0 Å². The summed E-state index contributed by atoms with van der Waals surface area (Å²) in [6.45, 7) is 16.0. The Bertz CT molecular complexity index is 356. The van der Waals surface area contributed by atoms with Gasteiger partial charge in [-0.05, 0) is 6.92 Å². The molecular formula is C16H25BrOZn. The van der Waals surface area contributed by atoms with Gasteiger partial charge in [-0.2, -0.15) is 18.2 Å². The predicted molar refractivity (Wildman–Crippen MR) is 82.8 cm³/mol. The van der Waals surface area contributed by atoms with Crippen molar-refractivity contribution in [3.63, 3.8) is 0 Å². The van der Waals surface area contributed by atoms with Crippen molar-refractivity contribution in [2.24, 2.45) is 0 Å². The zero-order valence-electron chi connectivity index (χ0n) is 13.4. The second-order valence-corrected chi connectivity index (χ2v) is 6.54. The van der Waals surface area contributed by atoms with Gasteiger partial charge in [0.15, 0.2) is 0 Å². The second-order valence-electron chi connectivity index (χ2n) is 6.54. The minimum absolute atomic E-state index is 0.0856. The molecule has 19 heavy (non-hydrogen) atoms. The molecule has 0 heterocycles. The summed E-state index contributed by atoms with van der Waals surface area (Å²) in [5.41, 5.74) is 2.66. The van der Waals surface area contributed by atoms with Crippen LogP contribution in [0.15, 0.2) is 12.1 Å². The molecule has 3 heteroatoms. The first kappa shape index (κ1) is 19.1. The predicted octanol–water partition coefficient (Wildman–Crippen LogP) is 5.32. The van der Waals surface area contributed by atoms with E-state index >= 15 is 0 Å². The molecule has 0 spiro atoms. The number of rotatable bonds is 2. The molecule has 0 N–H and O–H groups in total. The summed E-state index contributed by atoms with van der Waals surface area (Å²) in [4.78, 5) is 0. The van der Waals surface area contributed by atoms with Crippen molar-refractivity contribution in [1.29, 1.82) is 0 Å².